The molecule has 0 amide bonds. The molecule has 6 rings (SSSR count). The van der Waals surface area contributed by atoms with Crippen molar-refractivity contribution in [2.45, 2.75) is 63.3 Å². The summed E-state index contributed by atoms with van der Waals surface area (Å²) in [6.07, 6.45) is 4.99. The standard InChI is InChI=1S/C25H33FN10O2/c1-25(2)11-16(9-17-5-4-8-35(17)25)28-22-19(26)12-27-23(30-22)29-15-6-7-20(34-13-18(37)14-34)21(10-15)36-24(38)33(3)31-32-36/h6-7,10,12,16-18,37H,4-5,8-9,11,13-14H2,1-3H3,(H2,27,28,29,30)/t16-,17+/m1/s1. The molecule has 0 bridgehead atoms. The first-order chi connectivity index (χ1) is 18.2. The second-order valence-electron chi connectivity index (χ2n) is 11.2. The van der Waals surface area contributed by atoms with Crippen LogP contribution in [0.2, 0.25) is 0 Å². The van der Waals surface area contributed by atoms with Crippen LogP contribution < -0.4 is 21.2 Å². The number of nitrogens with zero attached hydrogens (tertiary/aromatic N) is 8. The van der Waals surface area contributed by atoms with Gasteiger partial charge in [0.2, 0.25) is 5.95 Å². The molecule has 12 nitrogen and oxygen atoms in total. The lowest BCUT2D eigenvalue weighted by molar-refractivity contribution is 0.0500. The van der Waals surface area contributed by atoms with Crippen LogP contribution in [0.1, 0.15) is 39.5 Å². The number of nitrogens with one attached hydrogen (secondary N) is 2. The summed E-state index contributed by atoms with van der Waals surface area (Å²) in [6.45, 7) is 6.56. The summed E-state index contributed by atoms with van der Waals surface area (Å²) < 4.78 is 17.1. The number of aromatic nitrogens is 6. The van der Waals surface area contributed by atoms with Gasteiger partial charge in [-0.15, -0.1) is 0 Å². The second-order valence-corrected chi connectivity index (χ2v) is 11.2. The maximum Gasteiger partial charge on any atom is 0.368 e. The first kappa shape index (κ1) is 24.7. The highest BCUT2D eigenvalue weighted by Crippen LogP contribution is 2.38. The Kier molecular flexibility index (Phi) is 6.06. The molecule has 0 spiro atoms. The summed E-state index contributed by atoms with van der Waals surface area (Å²) in [7, 11) is 1.53. The fourth-order valence-electron chi connectivity index (χ4n) is 6.13. The lowest BCUT2D eigenvalue weighted by Gasteiger charge is -2.47. The van der Waals surface area contributed by atoms with E-state index in [1.165, 1.54) is 24.6 Å². The van der Waals surface area contributed by atoms with E-state index in [-0.39, 0.29) is 23.3 Å². The lowest BCUT2D eigenvalue weighted by Crippen LogP contribution is -2.55. The molecular weight excluding hydrogens is 491 g/mol. The minimum atomic E-state index is -0.499. The van der Waals surface area contributed by atoms with E-state index in [0.29, 0.717) is 30.5 Å². The van der Waals surface area contributed by atoms with Crippen molar-refractivity contribution in [2.24, 2.45) is 7.05 Å². The smallest absolute Gasteiger partial charge is 0.368 e. The zero-order chi connectivity index (χ0) is 26.6. The van der Waals surface area contributed by atoms with E-state index >= 15 is 0 Å². The Balaban J connectivity index is 1.25. The SMILES string of the molecule is Cn1nnn(-c2cc(Nc3ncc(F)c(N[C@@H]4C[C@@H]5CCCN5C(C)(C)C4)n3)ccc2N2CC(O)C2)c1=O. The van der Waals surface area contributed by atoms with Gasteiger partial charge in [-0.2, -0.15) is 14.3 Å². The number of anilines is 4. The molecule has 0 saturated carbocycles. The van der Waals surface area contributed by atoms with Crippen molar-refractivity contribution in [3.05, 3.63) is 40.7 Å². The molecule has 13 heteroatoms. The summed E-state index contributed by atoms with van der Waals surface area (Å²) >= 11 is 0. The van der Waals surface area contributed by atoms with Crippen molar-refractivity contribution in [2.75, 3.05) is 35.2 Å². The van der Waals surface area contributed by atoms with Gasteiger partial charge in [-0.3, -0.25) is 4.90 Å². The Morgan fingerprint density at radius 1 is 1.18 bits per heavy atom. The van der Waals surface area contributed by atoms with Crippen LogP contribution in [0.4, 0.5) is 27.5 Å². The van der Waals surface area contributed by atoms with Crippen LogP contribution in [0.15, 0.2) is 29.2 Å². The number of piperidine rings is 1. The number of aliphatic hydroxyl groups excluding tert-OH is 1. The number of fused-ring (bicyclic) bond motifs is 1. The lowest BCUT2D eigenvalue weighted by atomic mass is 9.84. The maximum atomic E-state index is 14.8. The number of hydrogen-bond donors (Lipinski definition) is 3. The fraction of sp³-hybridized carbons (Fsp3) is 0.560. The number of aliphatic hydroxyl groups is 1. The van der Waals surface area contributed by atoms with E-state index in [4.69, 9.17) is 0 Å². The third-order valence-electron chi connectivity index (χ3n) is 7.93. The quantitative estimate of drug-likeness (QED) is 0.438. The van der Waals surface area contributed by atoms with Crippen molar-refractivity contribution in [3.63, 3.8) is 0 Å². The van der Waals surface area contributed by atoms with Gasteiger partial charge in [0.1, 0.15) is 0 Å². The Labute approximate surface area is 219 Å². The van der Waals surface area contributed by atoms with Crippen LogP contribution in [0.3, 0.4) is 0 Å². The van der Waals surface area contributed by atoms with Gasteiger partial charge in [0, 0.05) is 43.4 Å². The predicted octanol–water partition coefficient (Wildman–Crippen LogP) is 1.64. The van der Waals surface area contributed by atoms with Crippen molar-refractivity contribution in [1.82, 2.24) is 34.7 Å². The molecular formula is C25H33FN10O2. The minimum absolute atomic E-state index is 0.0464. The Morgan fingerprint density at radius 2 is 2.00 bits per heavy atom. The maximum absolute atomic E-state index is 14.8. The van der Waals surface area contributed by atoms with Crippen molar-refractivity contribution >= 4 is 23.1 Å². The molecule has 0 radical (unpaired) electrons. The zero-order valence-corrected chi connectivity index (χ0v) is 21.8. The van der Waals surface area contributed by atoms with Gasteiger partial charge in [0.25, 0.3) is 0 Å². The van der Waals surface area contributed by atoms with E-state index in [9.17, 15) is 14.3 Å². The second kappa shape index (κ2) is 9.31. The molecule has 202 valence electrons. The third kappa shape index (κ3) is 4.49. The average molecular weight is 525 g/mol. The molecule has 3 N–H and O–H groups in total. The molecule has 3 aliphatic heterocycles. The number of rotatable bonds is 6. The third-order valence-corrected chi connectivity index (χ3v) is 7.93. The van der Waals surface area contributed by atoms with E-state index in [1.807, 2.05) is 17.0 Å². The van der Waals surface area contributed by atoms with Crippen LogP contribution in [0, 0.1) is 5.82 Å². The summed E-state index contributed by atoms with van der Waals surface area (Å²) in [4.78, 5) is 25.7. The molecule has 1 aromatic carbocycles. The number of aryl methyl sites for hydroxylation is 1. The Bertz CT molecular complexity index is 1400. The van der Waals surface area contributed by atoms with E-state index < -0.39 is 17.6 Å². The number of tetrazole rings is 1. The van der Waals surface area contributed by atoms with Gasteiger partial charge in [-0.1, -0.05) is 0 Å². The van der Waals surface area contributed by atoms with Gasteiger partial charge >= 0.3 is 5.69 Å². The Hall–Kier alpha value is -3.58. The van der Waals surface area contributed by atoms with Gasteiger partial charge in [-0.05, 0) is 74.7 Å². The van der Waals surface area contributed by atoms with E-state index in [1.54, 1.807) is 6.07 Å². The minimum Gasteiger partial charge on any atom is -0.389 e. The summed E-state index contributed by atoms with van der Waals surface area (Å²) in [5, 5.41) is 24.1. The van der Waals surface area contributed by atoms with Crippen LogP contribution in [-0.4, -0.2) is 83.1 Å². The highest BCUT2D eigenvalue weighted by molar-refractivity contribution is 5.71. The van der Waals surface area contributed by atoms with Crippen molar-refractivity contribution < 1.29 is 9.50 Å². The number of hydrogen-bond acceptors (Lipinski definition) is 10. The van der Waals surface area contributed by atoms with Gasteiger partial charge < -0.3 is 20.6 Å². The van der Waals surface area contributed by atoms with Crippen molar-refractivity contribution in [1.29, 1.82) is 0 Å². The normalized spacial score (nSPS) is 23.2. The first-order valence-corrected chi connectivity index (χ1v) is 13.1. The predicted molar refractivity (Wildman–Crippen MR) is 141 cm³/mol. The molecule has 3 aromatic rings. The zero-order valence-electron chi connectivity index (χ0n) is 21.8. The molecule has 0 unspecified atom stereocenters. The molecule has 2 aromatic heterocycles. The topological polar surface area (TPSA) is 129 Å². The molecule has 5 heterocycles. The highest BCUT2D eigenvalue weighted by Gasteiger charge is 2.43. The molecule has 0 aliphatic carbocycles. The van der Waals surface area contributed by atoms with Crippen LogP contribution >= 0.6 is 0 Å². The van der Waals surface area contributed by atoms with Gasteiger partial charge in [-0.25, -0.2) is 14.2 Å². The van der Waals surface area contributed by atoms with E-state index in [2.05, 4.69) is 49.8 Å². The highest BCUT2D eigenvalue weighted by atomic mass is 19.1. The number of β-amino-alcohol motifs (C(OH)–C–C–N with tert-alkyl or cyclic N) is 1. The van der Waals surface area contributed by atoms with Crippen molar-refractivity contribution in [3.8, 4) is 5.69 Å². The summed E-state index contributed by atoms with van der Waals surface area (Å²) in [5.41, 5.74) is 1.49. The largest absolute Gasteiger partial charge is 0.389 e. The molecule has 38 heavy (non-hydrogen) atoms. The van der Waals surface area contributed by atoms with E-state index in [0.717, 1.165) is 36.0 Å². The van der Waals surface area contributed by atoms with Crippen LogP contribution in [0.5, 0.6) is 0 Å². The Morgan fingerprint density at radius 3 is 2.74 bits per heavy atom. The van der Waals surface area contributed by atoms with Gasteiger partial charge in [0.15, 0.2) is 11.6 Å². The molecule has 3 fully saturated rings. The molecule has 2 atom stereocenters. The molecule has 3 aliphatic rings. The summed E-state index contributed by atoms with van der Waals surface area (Å²) in [5.74, 6) is -0.0944. The number of halogens is 1. The van der Waals surface area contributed by atoms with Gasteiger partial charge in [0.05, 0.1) is 23.7 Å². The fourth-order valence-corrected chi connectivity index (χ4v) is 6.13. The van der Waals surface area contributed by atoms with Crippen LogP contribution in [-0.2, 0) is 7.05 Å². The molecule has 3 saturated heterocycles. The monoisotopic (exact) mass is 524 g/mol. The van der Waals surface area contributed by atoms with Crippen LogP contribution in [0.25, 0.3) is 5.69 Å². The summed E-state index contributed by atoms with van der Waals surface area (Å²) in [6, 6.07) is 6.03. The average Bonchev–Trinajstić information content (AvgIpc) is 3.46. The number of benzene rings is 1. The first-order valence-electron chi connectivity index (χ1n) is 13.1.